The average Bonchev–Trinajstić information content (AvgIpc) is 2.46. The Morgan fingerprint density at radius 1 is 1.00 bits per heavy atom. The standard InChI is InChI=1S/C14H28N2O4/c1-5-15(6-2)9-7-10-16(13(17)12-19-3)11-8-14(18)20-4/h5-12H2,1-4H3. The minimum Gasteiger partial charge on any atom is -0.469 e. The van der Waals surface area contributed by atoms with E-state index in [0.29, 0.717) is 13.1 Å². The first-order valence-corrected chi connectivity index (χ1v) is 7.14. The summed E-state index contributed by atoms with van der Waals surface area (Å²) >= 11 is 0. The molecule has 0 saturated carbocycles. The quantitative estimate of drug-likeness (QED) is 0.525. The van der Waals surface area contributed by atoms with E-state index in [1.54, 1.807) is 4.90 Å². The van der Waals surface area contributed by atoms with Crippen LogP contribution in [0.3, 0.4) is 0 Å². The fraction of sp³-hybridized carbons (Fsp3) is 0.857. The number of rotatable bonds is 11. The lowest BCUT2D eigenvalue weighted by Gasteiger charge is -2.24. The molecule has 0 N–H and O–H groups in total. The molecule has 0 bridgehead atoms. The topological polar surface area (TPSA) is 59.1 Å². The number of carbonyl (C=O) groups excluding carboxylic acids is 2. The Hall–Kier alpha value is -1.14. The lowest BCUT2D eigenvalue weighted by Crippen LogP contribution is -2.38. The van der Waals surface area contributed by atoms with E-state index in [1.807, 2.05) is 0 Å². The molecule has 118 valence electrons. The van der Waals surface area contributed by atoms with Gasteiger partial charge in [-0.15, -0.1) is 0 Å². The van der Waals surface area contributed by atoms with E-state index in [1.165, 1.54) is 14.2 Å². The van der Waals surface area contributed by atoms with E-state index < -0.39 is 0 Å². The third-order valence-electron chi connectivity index (χ3n) is 3.23. The summed E-state index contributed by atoms with van der Waals surface area (Å²) in [4.78, 5) is 27.0. The van der Waals surface area contributed by atoms with Gasteiger partial charge < -0.3 is 19.3 Å². The van der Waals surface area contributed by atoms with Crippen LogP contribution >= 0.6 is 0 Å². The molecule has 0 radical (unpaired) electrons. The highest BCUT2D eigenvalue weighted by Gasteiger charge is 2.15. The molecule has 0 aliphatic rings. The van der Waals surface area contributed by atoms with Gasteiger partial charge in [-0.1, -0.05) is 13.8 Å². The number of carbonyl (C=O) groups is 2. The van der Waals surface area contributed by atoms with Gasteiger partial charge in [0.1, 0.15) is 6.61 Å². The van der Waals surface area contributed by atoms with E-state index in [4.69, 9.17) is 4.74 Å². The monoisotopic (exact) mass is 288 g/mol. The summed E-state index contributed by atoms with van der Waals surface area (Å²) in [5.41, 5.74) is 0. The highest BCUT2D eigenvalue weighted by atomic mass is 16.5. The van der Waals surface area contributed by atoms with E-state index in [2.05, 4.69) is 23.5 Å². The molecule has 0 spiro atoms. The number of esters is 1. The van der Waals surface area contributed by atoms with Crippen molar-refractivity contribution in [2.45, 2.75) is 26.7 Å². The maximum Gasteiger partial charge on any atom is 0.307 e. The van der Waals surface area contributed by atoms with Crippen molar-refractivity contribution in [2.75, 3.05) is 53.6 Å². The molecule has 0 fully saturated rings. The van der Waals surface area contributed by atoms with Crippen LogP contribution in [0.4, 0.5) is 0 Å². The molecule has 0 saturated heterocycles. The Morgan fingerprint density at radius 2 is 1.65 bits per heavy atom. The first-order chi connectivity index (χ1) is 9.58. The molecule has 0 atom stereocenters. The van der Waals surface area contributed by atoms with Crippen LogP contribution in [0, 0.1) is 0 Å². The van der Waals surface area contributed by atoms with E-state index in [9.17, 15) is 9.59 Å². The molecule has 0 heterocycles. The summed E-state index contributed by atoms with van der Waals surface area (Å²) in [5.74, 6) is -0.389. The van der Waals surface area contributed by atoms with Crippen molar-refractivity contribution in [1.29, 1.82) is 0 Å². The van der Waals surface area contributed by atoms with E-state index >= 15 is 0 Å². The zero-order valence-electron chi connectivity index (χ0n) is 13.2. The fourth-order valence-corrected chi connectivity index (χ4v) is 1.93. The van der Waals surface area contributed by atoms with E-state index in [-0.39, 0.29) is 24.9 Å². The molecular formula is C14H28N2O4. The predicted molar refractivity (Wildman–Crippen MR) is 77.5 cm³/mol. The van der Waals surface area contributed by atoms with Crippen LogP contribution in [0.2, 0.25) is 0 Å². The number of nitrogens with zero attached hydrogens (tertiary/aromatic N) is 2. The van der Waals surface area contributed by atoms with Crippen LogP contribution in [0.1, 0.15) is 26.7 Å². The van der Waals surface area contributed by atoms with Crippen molar-refractivity contribution in [3.8, 4) is 0 Å². The molecule has 6 nitrogen and oxygen atoms in total. The Balaban J connectivity index is 4.23. The second-order valence-electron chi connectivity index (χ2n) is 4.52. The zero-order chi connectivity index (χ0) is 15.4. The summed E-state index contributed by atoms with van der Waals surface area (Å²) in [5, 5.41) is 0. The second-order valence-corrected chi connectivity index (χ2v) is 4.52. The molecule has 0 aromatic rings. The Morgan fingerprint density at radius 3 is 2.15 bits per heavy atom. The number of methoxy groups -OCH3 is 2. The number of hydrogen-bond donors (Lipinski definition) is 0. The lowest BCUT2D eigenvalue weighted by atomic mass is 10.3. The van der Waals surface area contributed by atoms with Crippen LogP contribution < -0.4 is 0 Å². The summed E-state index contributed by atoms with van der Waals surface area (Å²) in [6.45, 7) is 8.26. The highest BCUT2D eigenvalue weighted by molar-refractivity contribution is 5.78. The lowest BCUT2D eigenvalue weighted by molar-refractivity contribution is -0.142. The summed E-state index contributed by atoms with van der Waals surface area (Å²) in [6.07, 6.45) is 1.11. The van der Waals surface area contributed by atoms with Gasteiger partial charge in [0, 0.05) is 20.2 Å². The average molecular weight is 288 g/mol. The summed E-state index contributed by atoms with van der Waals surface area (Å²) < 4.78 is 9.47. The molecule has 20 heavy (non-hydrogen) atoms. The second kappa shape index (κ2) is 11.7. The number of amides is 1. The van der Waals surface area contributed by atoms with Crippen molar-refractivity contribution in [3.05, 3.63) is 0 Å². The van der Waals surface area contributed by atoms with Crippen LogP contribution in [0.25, 0.3) is 0 Å². The summed E-state index contributed by atoms with van der Waals surface area (Å²) in [6, 6.07) is 0. The SMILES string of the molecule is CCN(CC)CCCN(CCC(=O)OC)C(=O)COC. The Bertz CT molecular complexity index is 280. The van der Waals surface area contributed by atoms with Crippen LogP contribution in [-0.2, 0) is 19.1 Å². The predicted octanol–water partition coefficient (Wildman–Crippen LogP) is 0.756. The highest BCUT2D eigenvalue weighted by Crippen LogP contribution is 2.00. The number of ether oxygens (including phenoxy) is 2. The van der Waals surface area contributed by atoms with Crippen molar-refractivity contribution in [2.24, 2.45) is 0 Å². The Labute approximate surface area is 122 Å². The van der Waals surface area contributed by atoms with Gasteiger partial charge in [0.05, 0.1) is 13.5 Å². The molecule has 6 heteroatoms. The largest absolute Gasteiger partial charge is 0.469 e. The van der Waals surface area contributed by atoms with Gasteiger partial charge >= 0.3 is 5.97 Å². The molecule has 0 aromatic carbocycles. The van der Waals surface area contributed by atoms with Gasteiger partial charge in [0.15, 0.2) is 0 Å². The van der Waals surface area contributed by atoms with Crippen LogP contribution in [0.15, 0.2) is 0 Å². The summed E-state index contributed by atoms with van der Waals surface area (Å²) in [7, 11) is 2.84. The van der Waals surface area contributed by atoms with E-state index in [0.717, 1.165) is 26.1 Å². The third kappa shape index (κ3) is 8.12. The maximum absolute atomic E-state index is 11.9. The molecule has 0 unspecified atom stereocenters. The smallest absolute Gasteiger partial charge is 0.307 e. The van der Waals surface area contributed by atoms with Gasteiger partial charge in [-0.2, -0.15) is 0 Å². The minimum absolute atomic E-state index is 0.0481. The number of hydrogen-bond acceptors (Lipinski definition) is 5. The van der Waals surface area contributed by atoms with Crippen molar-refractivity contribution < 1.29 is 19.1 Å². The van der Waals surface area contributed by atoms with Gasteiger partial charge in [-0.05, 0) is 26.1 Å². The molecule has 0 aliphatic carbocycles. The molecule has 0 aliphatic heterocycles. The first-order valence-electron chi connectivity index (χ1n) is 7.14. The third-order valence-corrected chi connectivity index (χ3v) is 3.23. The minimum atomic E-state index is -0.302. The molecule has 1 amide bonds. The normalized spacial score (nSPS) is 10.7. The van der Waals surface area contributed by atoms with Crippen LogP contribution in [-0.4, -0.2) is 75.2 Å². The van der Waals surface area contributed by atoms with Gasteiger partial charge in [-0.25, -0.2) is 0 Å². The van der Waals surface area contributed by atoms with Gasteiger partial charge in [0.25, 0.3) is 0 Å². The molecular weight excluding hydrogens is 260 g/mol. The van der Waals surface area contributed by atoms with Crippen molar-refractivity contribution in [3.63, 3.8) is 0 Å². The van der Waals surface area contributed by atoms with Crippen LogP contribution in [0.5, 0.6) is 0 Å². The maximum atomic E-state index is 11.9. The van der Waals surface area contributed by atoms with Gasteiger partial charge in [-0.3, -0.25) is 9.59 Å². The van der Waals surface area contributed by atoms with Crippen molar-refractivity contribution >= 4 is 11.9 Å². The molecule has 0 aromatic heterocycles. The fourth-order valence-electron chi connectivity index (χ4n) is 1.93. The zero-order valence-corrected chi connectivity index (χ0v) is 13.2. The van der Waals surface area contributed by atoms with Gasteiger partial charge in [0.2, 0.25) is 5.91 Å². The van der Waals surface area contributed by atoms with Crippen molar-refractivity contribution in [1.82, 2.24) is 9.80 Å². The molecule has 0 rings (SSSR count). The first kappa shape index (κ1) is 18.9. The Kier molecular flexibility index (Phi) is 11.0.